The van der Waals surface area contributed by atoms with Crippen LogP contribution in [0.2, 0.25) is 0 Å². The lowest BCUT2D eigenvalue weighted by molar-refractivity contribution is 0.0461. The van der Waals surface area contributed by atoms with Crippen molar-refractivity contribution in [2.24, 2.45) is 11.8 Å². The van der Waals surface area contributed by atoms with Crippen molar-refractivity contribution in [3.8, 4) is 0 Å². The van der Waals surface area contributed by atoms with Gasteiger partial charge in [0.15, 0.2) is 0 Å². The first-order chi connectivity index (χ1) is 8.36. The highest BCUT2D eigenvalue weighted by Crippen LogP contribution is 2.52. The summed E-state index contributed by atoms with van der Waals surface area (Å²) in [5, 5.41) is 10.6. The third-order valence-corrected chi connectivity index (χ3v) is 5.46. The molecule has 2 saturated heterocycles. The van der Waals surface area contributed by atoms with Crippen molar-refractivity contribution in [1.29, 1.82) is 0 Å². The molecule has 0 bridgehead atoms. The van der Waals surface area contributed by atoms with Crippen molar-refractivity contribution in [2.45, 2.75) is 82.9 Å². The number of hydrogen-bond acceptors (Lipinski definition) is 3. The van der Waals surface area contributed by atoms with Gasteiger partial charge in [-0.1, -0.05) is 13.8 Å². The maximum absolute atomic E-state index is 10.6. The molecule has 6 atom stereocenters. The maximum atomic E-state index is 10.6. The number of aliphatic hydroxyl groups excluding tert-OH is 1. The Bertz CT molecular complexity index is 343. The van der Waals surface area contributed by atoms with Crippen LogP contribution in [0.3, 0.4) is 0 Å². The molecular weight excluding hydrogens is 228 g/mol. The lowest BCUT2D eigenvalue weighted by Crippen LogP contribution is -2.35. The van der Waals surface area contributed by atoms with Crippen LogP contribution in [0.1, 0.15) is 53.4 Å². The van der Waals surface area contributed by atoms with Crippen molar-refractivity contribution in [1.82, 2.24) is 0 Å². The van der Waals surface area contributed by atoms with Crippen LogP contribution in [0.15, 0.2) is 0 Å². The summed E-state index contributed by atoms with van der Waals surface area (Å²) in [5.74, 6) is 0.824. The van der Waals surface area contributed by atoms with E-state index >= 15 is 0 Å². The molecule has 3 nitrogen and oxygen atoms in total. The van der Waals surface area contributed by atoms with Gasteiger partial charge in [-0.2, -0.15) is 0 Å². The molecule has 0 spiro atoms. The van der Waals surface area contributed by atoms with E-state index < -0.39 is 0 Å². The first-order valence-electron chi connectivity index (χ1n) is 7.39. The smallest absolute Gasteiger partial charge is 0.113 e. The number of rotatable bonds is 1. The normalized spacial score (nSPS) is 55.7. The van der Waals surface area contributed by atoms with Gasteiger partial charge in [-0.15, -0.1) is 0 Å². The summed E-state index contributed by atoms with van der Waals surface area (Å²) in [6, 6.07) is 0. The molecule has 3 heteroatoms. The minimum Gasteiger partial charge on any atom is -0.390 e. The van der Waals surface area contributed by atoms with Crippen LogP contribution >= 0.6 is 0 Å². The largest absolute Gasteiger partial charge is 0.390 e. The summed E-state index contributed by atoms with van der Waals surface area (Å²) in [4.78, 5) is 0. The lowest BCUT2D eigenvalue weighted by Gasteiger charge is -2.27. The fourth-order valence-corrected chi connectivity index (χ4v) is 3.76. The van der Waals surface area contributed by atoms with Crippen molar-refractivity contribution < 1.29 is 14.6 Å². The molecule has 0 aromatic heterocycles. The fraction of sp³-hybridized carbons (Fsp3) is 1.00. The van der Waals surface area contributed by atoms with Gasteiger partial charge in [0.2, 0.25) is 0 Å². The van der Waals surface area contributed by atoms with Gasteiger partial charge in [0, 0.05) is 0 Å². The first-order valence-corrected chi connectivity index (χ1v) is 7.39. The Balaban J connectivity index is 1.77. The van der Waals surface area contributed by atoms with Gasteiger partial charge >= 0.3 is 0 Å². The predicted octanol–water partition coefficient (Wildman–Crippen LogP) is 2.51. The minimum absolute atomic E-state index is 0.0491. The van der Waals surface area contributed by atoms with Gasteiger partial charge < -0.3 is 14.6 Å². The van der Waals surface area contributed by atoms with Crippen LogP contribution in [0, 0.1) is 11.8 Å². The van der Waals surface area contributed by atoms with E-state index in [1.807, 2.05) is 0 Å². The van der Waals surface area contributed by atoms with Gasteiger partial charge in [-0.05, 0) is 51.4 Å². The lowest BCUT2D eigenvalue weighted by atomic mass is 9.78. The van der Waals surface area contributed by atoms with Crippen molar-refractivity contribution in [2.75, 3.05) is 0 Å². The summed E-state index contributed by atoms with van der Waals surface area (Å²) in [6.45, 7) is 8.76. The Morgan fingerprint density at radius 2 is 1.72 bits per heavy atom. The highest BCUT2D eigenvalue weighted by molar-refractivity contribution is 5.09. The highest BCUT2D eigenvalue weighted by atomic mass is 16.6. The molecule has 0 radical (unpaired) electrons. The molecule has 1 aliphatic carbocycles. The highest BCUT2D eigenvalue weighted by Gasteiger charge is 2.61. The number of fused-ring (bicyclic) bond motifs is 2. The summed E-state index contributed by atoms with van der Waals surface area (Å²) in [6.07, 6.45) is 4.36. The molecule has 1 saturated carbocycles. The predicted molar refractivity (Wildman–Crippen MR) is 69.4 cm³/mol. The topological polar surface area (TPSA) is 45.3 Å². The Kier molecular flexibility index (Phi) is 2.82. The Labute approximate surface area is 110 Å². The Morgan fingerprint density at radius 1 is 1.06 bits per heavy atom. The Hall–Kier alpha value is -0.120. The molecule has 2 aliphatic heterocycles. The molecule has 0 aromatic carbocycles. The molecule has 104 valence electrons. The zero-order chi connectivity index (χ0) is 13.1. The number of aliphatic hydroxyl groups is 1. The zero-order valence-electron chi connectivity index (χ0n) is 12.0. The van der Waals surface area contributed by atoms with Gasteiger partial charge in [0.05, 0.1) is 23.4 Å². The quantitative estimate of drug-likeness (QED) is 0.731. The van der Waals surface area contributed by atoms with Crippen molar-refractivity contribution in [3.63, 3.8) is 0 Å². The molecular formula is C15H26O3. The molecule has 1 N–H and O–H groups in total. The van der Waals surface area contributed by atoms with Crippen LogP contribution in [-0.4, -0.2) is 34.6 Å². The second kappa shape index (κ2) is 3.94. The van der Waals surface area contributed by atoms with Crippen LogP contribution in [0.4, 0.5) is 0 Å². The van der Waals surface area contributed by atoms with Crippen LogP contribution in [-0.2, 0) is 9.47 Å². The standard InChI is InChI=1S/C15H26O3/c1-9(2)10-5-7-14(3)11(17-14)6-8-15(4)13(18-15)12(10)16/h9-13,16H,5-8H2,1-4H3/t10-,11+,12+,13+,14?,15-/m0/s1. The average molecular weight is 254 g/mol. The summed E-state index contributed by atoms with van der Waals surface area (Å²) in [5.41, 5.74) is -0.0261. The average Bonchev–Trinajstić information content (AvgIpc) is 3.12. The SMILES string of the molecule is CC(C)[C@@H]1CCC2(C)O[C@@H]2CC[C@]2(C)O[C@@H]2[C@@H]1O. The molecule has 2 heterocycles. The van der Waals surface area contributed by atoms with Gasteiger partial charge in [0.25, 0.3) is 0 Å². The molecule has 0 aromatic rings. The number of ether oxygens (including phenoxy) is 2. The number of epoxide rings is 2. The van der Waals surface area contributed by atoms with Gasteiger partial charge in [0.1, 0.15) is 6.10 Å². The van der Waals surface area contributed by atoms with E-state index in [0.29, 0.717) is 17.9 Å². The van der Waals surface area contributed by atoms with Crippen LogP contribution in [0.25, 0.3) is 0 Å². The second-order valence-corrected chi connectivity index (χ2v) is 7.25. The van der Waals surface area contributed by atoms with Crippen LogP contribution in [0.5, 0.6) is 0 Å². The van der Waals surface area contributed by atoms with E-state index in [-0.39, 0.29) is 23.4 Å². The maximum Gasteiger partial charge on any atom is 0.113 e. The molecule has 3 fully saturated rings. The minimum atomic E-state index is -0.311. The molecule has 0 amide bonds. The third kappa shape index (κ3) is 2.00. The zero-order valence-corrected chi connectivity index (χ0v) is 12.0. The summed E-state index contributed by atoms with van der Waals surface area (Å²) in [7, 11) is 0. The van der Waals surface area contributed by atoms with E-state index in [1.165, 1.54) is 0 Å². The van der Waals surface area contributed by atoms with Crippen molar-refractivity contribution >= 4 is 0 Å². The van der Waals surface area contributed by atoms with E-state index in [4.69, 9.17) is 9.47 Å². The fourth-order valence-electron chi connectivity index (χ4n) is 3.76. The van der Waals surface area contributed by atoms with E-state index in [0.717, 1.165) is 25.7 Å². The van der Waals surface area contributed by atoms with Crippen LogP contribution < -0.4 is 0 Å². The molecule has 18 heavy (non-hydrogen) atoms. The van der Waals surface area contributed by atoms with Crippen molar-refractivity contribution in [3.05, 3.63) is 0 Å². The third-order valence-electron chi connectivity index (χ3n) is 5.46. The summed E-state index contributed by atoms with van der Waals surface area (Å²) >= 11 is 0. The first kappa shape index (κ1) is 12.9. The van der Waals surface area contributed by atoms with Gasteiger partial charge in [-0.3, -0.25) is 0 Å². The number of hydrogen-bond donors (Lipinski definition) is 1. The second-order valence-electron chi connectivity index (χ2n) is 7.25. The Morgan fingerprint density at radius 3 is 2.39 bits per heavy atom. The van der Waals surface area contributed by atoms with Gasteiger partial charge in [-0.25, -0.2) is 0 Å². The van der Waals surface area contributed by atoms with E-state index in [9.17, 15) is 5.11 Å². The monoisotopic (exact) mass is 254 g/mol. The molecule has 3 aliphatic rings. The molecule has 1 unspecified atom stereocenters. The van der Waals surface area contributed by atoms with E-state index in [1.54, 1.807) is 0 Å². The molecule has 3 rings (SSSR count). The summed E-state index contributed by atoms with van der Waals surface area (Å²) < 4.78 is 11.7. The van der Waals surface area contributed by atoms with E-state index in [2.05, 4.69) is 27.7 Å².